The summed E-state index contributed by atoms with van der Waals surface area (Å²) in [5.74, 6) is -0.182. The van der Waals surface area contributed by atoms with Crippen molar-refractivity contribution in [2.75, 3.05) is 11.9 Å². The van der Waals surface area contributed by atoms with Crippen molar-refractivity contribution in [1.29, 1.82) is 0 Å². The maximum absolute atomic E-state index is 13.2. The van der Waals surface area contributed by atoms with Gasteiger partial charge in [0, 0.05) is 25.2 Å². The quantitative estimate of drug-likeness (QED) is 0.853. The molecule has 1 fully saturated rings. The minimum absolute atomic E-state index is 0.0227. The molecule has 1 amide bonds. The number of nitrogens with one attached hydrogen (secondary N) is 1. The molecular formula is C21H26N2O3S. The predicted molar refractivity (Wildman–Crippen MR) is 107 cm³/mol. The Hall–Kier alpha value is -2.18. The fourth-order valence-electron chi connectivity index (χ4n) is 3.65. The number of carbonyl (C=O) groups is 1. The molecule has 0 saturated carbocycles. The molecule has 1 aliphatic rings. The second-order valence-corrected chi connectivity index (χ2v) is 9.14. The molecule has 0 aromatic heterocycles. The summed E-state index contributed by atoms with van der Waals surface area (Å²) < 4.78 is 28.0. The van der Waals surface area contributed by atoms with E-state index in [-0.39, 0.29) is 16.8 Å². The summed E-state index contributed by atoms with van der Waals surface area (Å²) in [6, 6.07) is 12.7. The Bertz CT molecular complexity index is 936. The molecule has 1 aliphatic heterocycles. The van der Waals surface area contributed by atoms with Gasteiger partial charge in [-0.1, -0.05) is 23.8 Å². The van der Waals surface area contributed by atoms with Gasteiger partial charge in [-0.3, -0.25) is 4.79 Å². The van der Waals surface area contributed by atoms with E-state index in [1.165, 1.54) is 23.6 Å². The van der Waals surface area contributed by atoms with Gasteiger partial charge < -0.3 is 5.32 Å². The number of rotatable bonds is 5. The minimum Gasteiger partial charge on any atom is -0.326 e. The fraction of sp³-hybridized carbons (Fsp3) is 0.381. The van der Waals surface area contributed by atoms with Gasteiger partial charge in [0.15, 0.2) is 0 Å². The largest absolute Gasteiger partial charge is 0.326 e. The summed E-state index contributed by atoms with van der Waals surface area (Å²) in [5.41, 5.74) is 4.19. The molecule has 1 saturated heterocycles. The number of anilines is 1. The third kappa shape index (κ3) is 4.39. The van der Waals surface area contributed by atoms with E-state index in [2.05, 4.69) is 37.4 Å². The maximum Gasteiger partial charge on any atom is 0.243 e. The van der Waals surface area contributed by atoms with Crippen molar-refractivity contribution in [3.63, 3.8) is 0 Å². The van der Waals surface area contributed by atoms with Crippen LogP contribution in [0, 0.1) is 13.8 Å². The predicted octanol–water partition coefficient (Wildman–Crippen LogP) is 3.66. The molecule has 27 heavy (non-hydrogen) atoms. The minimum atomic E-state index is -3.56. The second-order valence-electron chi connectivity index (χ2n) is 7.25. The Morgan fingerprint density at radius 2 is 1.85 bits per heavy atom. The monoisotopic (exact) mass is 386 g/mol. The van der Waals surface area contributed by atoms with Crippen molar-refractivity contribution in [3.05, 3.63) is 59.2 Å². The SMILES string of the molecule is CC(=O)Nc1ccc(S(=O)(=O)N2CCCC2Cc2cc(C)ccc2C)cc1. The van der Waals surface area contributed by atoms with E-state index in [0.29, 0.717) is 12.2 Å². The lowest BCUT2D eigenvalue weighted by molar-refractivity contribution is -0.114. The van der Waals surface area contributed by atoms with Crippen LogP contribution in [0.1, 0.15) is 36.5 Å². The van der Waals surface area contributed by atoms with Crippen molar-refractivity contribution >= 4 is 21.6 Å². The first-order valence-corrected chi connectivity index (χ1v) is 10.7. The molecule has 0 spiro atoms. The van der Waals surface area contributed by atoms with Crippen LogP contribution in [0.5, 0.6) is 0 Å². The van der Waals surface area contributed by atoms with Crippen molar-refractivity contribution < 1.29 is 13.2 Å². The van der Waals surface area contributed by atoms with E-state index in [0.717, 1.165) is 19.3 Å². The molecule has 2 aromatic rings. The van der Waals surface area contributed by atoms with Crippen LogP contribution in [0.25, 0.3) is 0 Å². The summed E-state index contributed by atoms with van der Waals surface area (Å²) in [5, 5.41) is 2.66. The summed E-state index contributed by atoms with van der Waals surface area (Å²) in [7, 11) is -3.56. The number of hydrogen-bond acceptors (Lipinski definition) is 3. The van der Waals surface area contributed by atoms with Crippen molar-refractivity contribution in [2.45, 2.75) is 51.0 Å². The van der Waals surface area contributed by atoms with E-state index in [1.807, 2.05) is 0 Å². The number of hydrogen-bond donors (Lipinski definition) is 1. The summed E-state index contributed by atoms with van der Waals surface area (Å²) in [6.45, 7) is 6.10. The van der Waals surface area contributed by atoms with Crippen molar-refractivity contribution in [3.8, 4) is 0 Å². The van der Waals surface area contributed by atoms with E-state index in [1.54, 1.807) is 28.6 Å². The first-order valence-electron chi connectivity index (χ1n) is 9.23. The summed E-state index contributed by atoms with van der Waals surface area (Å²) >= 11 is 0. The maximum atomic E-state index is 13.2. The molecule has 1 heterocycles. The third-order valence-electron chi connectivity index (χ3n) is 5.06. The number of nitrogens with zero attached hydrogens (tertiary/aromatic N) is 1. The number of sulfonamides is 1. The molecule has 144 valence electrons. The third-order valence-corrected chi connectivity index (χ3v) is 7.03. The van der Waals surface area contributed by atoms with Crippen LogP contribution in [0.3, 0.4) is 0 Å². The van der Waals surface area contributed by atoms with Crippen LogP contribution in [-0.4, -0.2) is 31.2 Å². The average Bonchev–Trinajstić information content (AvgIpc) is 3.07. The van der Waals surface area contributed by atoms with E-state index in [9.17, 15) is 13.2 Å². The van der Waals surface area contributed by atoms with Gasteiger partial charge in [0.2, 0.25) is 15.9 Å². The van der Waals surface area contributed by atoms with E-state index >= 15 is 0 Å². The lowest BCUT2D eigenvalue weighted by Crippen LogP contribution is -2.36. The van der Waals surface area contributed by atoms with Gasteiger partial charge in [0.1, 0.15) is 0 Å². The zero-order valence-corrected chi connectivity index (χ0v) is 16.8. The molecule has 5 nitrogen and oxygen atoms in total. The standard InChI is InChI=1S/C21H26N2O3S/c1-15-6-7-16(2)18(13-15)14-20-5-4-12-23(20)27(25,26)21-10-8-19(9-11-21)22-17(3)24/h6-11,13,20H,4-5,12,14H2,1-3H3,(H,22,24). The molecule has 0 bridgehead atoms. The van der Waals surface area contributed by atoms with Gasteiger partial charge in [-0.2, -0.15) is 4.31 Å². The first-order chi connectivity index (χ1) is 12.8. The second kappa shape index (κ2) is 7.82. The van der Waals surface area contributed by atoms with Gasteiger partial charge in [0.25, 0.3) is 0 Å². The highest BCUT2D eigenvalue weighted by Crippen LogP contribution is 2.29. The van der Waals surface area contributed by atoms with E-state index < -0.39 is 10.0 Å². The van der Waals surface area contributed by atoms with Crippen molar-refractivity contribution in [2.24, 2.45) is 0 Å². The highest BCUT2D eigenvalue weighted by molar-refractivity contribution is 7.89. The van der Waals surface area contributed by atoms with E-state index in [4.69, 9.17) is 0 Å². The number of aryl methyl sites for hydroxylation is 2. The Morgan fingerprint density at radius 1 is 1.15 bits per heavy atom. The molecule has 3 rings (SSSR count). The van der Waals surface area contributed by atoms with Gasteiger partial charge >= 0.3 is 0 Å². The van der Waals surface area contributed by atoms with Crippen LogP contribution in [0.2, 0.25) is 0 Å². The Morgan fingerprint density at radius 3 is 2.52 bits per heavy atom. The normalized spacial score (nSPS) is 17.8. The molecule has 1 N–H and O–H groups in total. The van der Waals surface area contributed by atoms with Crippen LogP contribution in [0.4, 0.5) is 5.69 Å². The smallest absolute Gasteiger partial charge is 0.243 e. The molecule has 0 radical (unpaired) electrons. The average molecular weight is 387 g/mol. The van der Waals surface area contributed by atoms with Gasteiger partial charge in [-0.05, 0) is 68.5 Å². The zero-order chi connectivity index (χ0) is 19.6. The van der Waals surface area contributed by atoms with Gasteiger partial charge in [-0.25, -0.2) is 8.42 Å². The topological polar surface area (TPSA) is 66.5 Å². The van der Waals surface area contributed by atoms with Crippen LogP contribution >= 0.6 is 0 Å². The Balaban J connectivity index is 1.82. The molecular weight excluding hydrogens is 360 g/mol. The molecule has 0 aliphatic carbocycles. The van der Waals surface area contributed by atoms with Crippen molar-refractivity contribution in [1.82, 2.24) is 4.31 Å². The summed E-state index contributed by atoms with van der Waals surface area (Å²) in [6.07, 6.45) is 2.48. The number of amides is 1. The van der Waals surface area contributed by atoms with Crippen LogP contribution in [-0.2, 0) is 21.2 Å². The first kappa shape index (κ1) is 19.6. The zero-order valence-electron chi connectivity index (χ0n) is 16.0. The van der Waals surface area contributed by atoms with Crippen LogP contribution in [0.15, 0.2) is 47.4 Å². The number of carbonyl (C=O) groups excluding carboxylic acids is 1. The molecule has 6 heteroatoms. The molecule has 1 atom stereocenters. The lowest BCUT2D eigenvalue weighted by atomic mass is 9.98. The van der Waals surface area contributed by atoms with Crippen LogP contribution < -0.4 is 5.32 Å². The molecule has 1 unspecified atom stereocenters. The Kier molecular flexibility index (Phi) is 5.67. The summed E-state index contributed by atoms with van der Waals surface area (Å²) in [4.78, 5) is 11.4. The van der Waals surface area contributed by atoms with Gasteiger partial charge in [0.05, 0.1) is 4.90 Å². The fourth-order valence-corrected chi connectivity index (χ4v) is 5.35. The lowest BCUT2D eigenvalue weighted by Gasteiger charge is -2.25. The van der Waals surface area contributed by atoms with Gasteiger partial charge in [-0.15, -0.1) is 0 Å². The highest BCUT2D eigenvalue weighted by Gasteiger charge is 2.35. The number of benzene rings is 2. The molecule has 2 aromatic carbocycles. The highest BCUT2D eigenvalue weighted by atomic mass is 32.2. The Labute approximate surface area is 161 Å².